The molecule has 0 radical (unpaired) electrons. The van der Waals surface area contributed by atoms with Crippen molar-refractivity contribution in [2.24, 2.45) is 11.8 Å². The average Bonchev–Trinajstić information content (AvgIpc) is 2.39. The zero-order chi connectivity index (χ0) is 13.1. The summed E-state index contributed by atoms with van der Waals surface area (Å²) in [5.41, 5.74) is 1.18. The van der Waals surface area contributed by atoms with E-state index in [9.17, 15) is 0 Å². The van der Waals surface area contributed by atoms with Crippen molar-refractivity contribution in [2.75, 3.05) is 18.0 Å². The average molecular weight is 247 g/mol. The summed E-state index contributed by atoms with van der Waals surface area (Å²) in [6.45, 7) is 11.2. The van der Waals surface area contributed by atoms with E-state index in [2.05, 4.69) is 42.6 Å². The van der Waals surface area contributed by atoms with E-state index in [4.69, 9.17) is 0 Å². The minimum Gasteiger partial charge on any atom is -0.369 e. The van der Waals surface area contributed by atoms with E-state index in [1.807, 2.05) is 12.4 Å². The van der Waals surface area contributed by atoms with Crippen LogP contribution in [0.3, 0.4) is 0 Å². The fraction of sp³-hybridized carbons (Fsp3) is 0.733. The van der Waals surface area contributed by atoms with E-state index >= 15 is 0 Å². The lowest BCUT2D eigenvalue weighted by atomic mass is 9.86. The van der Waals surface area contributed by atoms with Crippen LogP contribution in [0, 0.1) is 11.8 Å². The van der Waals surface area contributed by atoms with E-state index < -0.39 is 0 Å². The Labute approximate surface area is 111 Å². The van der Waals surface area contributed by atoms with Crippen LogP contribution in [-0.4, -0.2) is 23.1 Å². The van der Waals surface area contributed by atoms with E-state index in [1.165, 1.54) is 18.5 Å². The van der Waals surface area contributed by atoms with E-state index in [-0.39, 0.29) is 0 Å². The lowest BCUT2D eigenvalue weighted by molar-refractivity contribution is 0.311. The van der Waals surface area contributed by atoms with E-state index in [1.54, 1.807) is 0 Å². The van der Waals surface area contributed by atoms with Crippen LogP contribution >= 0.6 is 0 Å². The first-order valence-corrected chi connectivity index (χ1v) is 7.14. The summed E-state index contributed by atoms with van der Waals surface area (Å²) in [6.07, 6.45) is 6.56. The molecule has 1 fully saturated rings. The second-order valence-corrected chi connectivity index (χ2v) is 6.02. The smallest absolute Gasteiger partial charge is 0.130 e. The fourth-order valence-corrected chi connectivity index (χ4v) is 2.62. The molecule has 0 saturated carbocycles. The maximum absolute atomic E-state index is 4.45. The molecule has 1 saturated heterocycles. The highest BCUT2D eigenvalue weighted by Gasteiger charge is 2.22. The monoisotopic (exact) mass is 247 g/mol. The predicted octanol–water partition coefficient (Wildman–Crippen LogP) is 3.47. The number of anilines is 1. The molecule has 0 unspecified atom stereocenters. The van der Waals surface area contributed by atoms with Crippen molar-refractivity contribution >= 4 is 5.69 Å². The van der Waals surface area contributed by atoms with Crippen LogP contribution in [0.4, 0.5) is 5.69 Å². The summed E-state index contributed by atoms with van der Waals surface area (Å²) in [6, 6.07) is 0. The van der Waals surface area contributed by atoms with Gasteiger partial charge in [-0.25, -0.2) is 9.97 Å². The molecule has 2 rings (SSSR count). The Bertz CT molecular complexity index is 362. The van der Waals surface area contributed by atoms with Gasteiger partial charge in [0.2, 0.25) is 0 Å². The van der Waals surface area contributed by atoms with Crippen molar-refractivity contribution in [1.82, 2.24) is 9.97 Å². The summed E-state index contributed by atoms with van der Waals surface area (Å²) in [5.74, 6) is 3.05. The molecule has 2 heterocycles. The largest absolute Gasteiger partial charge is 0.369 e. The first kappa shape index (κ1) is 13.3. The van der Waals surface area contributed by atoms with Gasteiger partial charge in [-0.15, -0.1) is 0 Å². The molecule has 0 amide bonds. The Balaban J connectivity index is 1.97. The van der Waals surface area contributed by atoms with Gasteiger partial charge in [-0.1, -0.05) is 27.7 Å². The second kappa shape index (κ2) is 5.68. The normalized spacial score (nSPS) is 17.8. The zero-order valence-corrected chi connectivity index (χ0v) is 12.1. The Hall–Kier alpha value is -1.12. The van der Waals surface area contributed by atoms with Crippen LogP contribution in [0.2, 0.25) is 0 Å². The molecule has 100 valence electrons. The third-order valence-electron chi connectivity index (χ3n) is 4.02. The number of rotatable bonds is 3. The zero-order valence-electron chi connectivity index (χ0n) is 12.1. The van der Waals surface area contributed by atoms with Gasteiger partial charge in [0.1, 0.15) is 5.82 Å². The molecule has 1 aliphatic rings. The van der Waals surface area contributed by atoms with E-state index in [0.717, 1.165) is 30.7 Å². The first-order valence-electron chi connectivity index (χ1n) is 7.14. The van der Waals surface area contributed by atoms with Gasteiger partial charge >= 0.3 is 0 Å². The third kappa shape index (κ3) is 3.01. The van der Waals surface area contributed by atoms with Crippen molar-refractivity contribution in [2.45, 2.75) is 46.5 Å². The standard InChI is InChI=1S/C15H25N3/c1-11(2)13-5-7-18(8-6-13)14-9-16-15(12(3)4)17-10-14/h9-13H,5-8H2,1-4H3. The predicted molar refractivity (Wildman–Crippen MR) is 75.9 cm³/mol. The molecule has 0 spiro atoms. The Kier molecular flexibility index (Phi) is 4.20. The summed E-state index contributed by atoms with van der Waals surface area (Å²) >= 11 is 0. The van der Waals surface area contributed by atoms with Gasteiger partial charge < -0.3 is 4.90 Å². The molecule has 0 bridgehead atoms. The molecule has 18 heavy (non-hydrogen) atoms. The number of hydrogen-bond acceptors (Lipinski definition) is 3. The maximum Gasteiger partial charge on any atom is 0.130 e. The number of hydrogen-bond donors (Lipinski definition) is 0. The van der Waals surface area contributed by atoms with Crippen molar-refractivity contribution in [1.29, 1.82) is 0 Å². The molecule has 0 atom stereocenters. The summed E-state index contributed by atoms with van der Waals surface area (Å²) < 4.78 is 0. The van der Waals surface area contributed by atoms with Gasteiger partial charge in [0.05, 0.1) is 18.1 Å². The topological polar surface area (TPSA) is 29.0 Å². The van der Waals surface area contributed by atoms with Crippen LogP contribution < -0.4 is 4.90 Å². The highest BCUT2D eigenvalue weighted by Crippen LogP contribution is 2.27. The summed E-state index contributed by atoms with van der Waals surface area (Å²) in [4.78, 5) is 11.3. The van der Waals surface area contributed by atoms with Gasteiger partial charge in [-0.3, -0.25) is 0 Å². The van der Waals surface area contributed by atoms with Gasteiger partial charge in [0.25, 0.3) is 0 Å². The Morgan fingerprint density at radius 1 is 1.06 bits per heavy atom. The molecule has 3 nitrogen and oxygen atoms in total. The van der Waals surface area contributed by atoms with Crippen LogP contribution in [0.1, 0.15) is 52.3 Å². The van der Waals surface area contributed by atoms with Gasteiger partial charge in [0, 0.05) is 19.0 Å². The van der Waals surface area contributed by atoms with Crippen LogP contribution in [-0.2, 0) is 0 Å². The highest BCUT2D eigenvalue weighted by atomic mass is 15.1. The molecule has 0 aliphatic carbocycles. The molecule has 0 aromatic carbocycles. The number of aromatic nitrogens is 2. The highest BCUT2D eigenvalue weighted by molar-refractivity contribution is 5.42. The third-order valence-corrected chi connectivity index (χ3v) is 4.02. The maximum atomic E-state index is 4.45. The SMILES string of the molecule is CC(C)c1ncc(N2CCC(C(C)C)CC2)cn1. The van der Waals surface area contributed by atoms with Crippen LogP contribution in [0.15, 0.2) is 12.4 Å². The molecular weight excluding hydrogens is 222 g/mol. The summed E-state index contributed by atoms with van der Waals surface area (Å²) in [5, 5.41) is 0. The van der Waals surface area contributed by atoms with Crippen molar-refractivity contribution in [3.05, 3.63) is 18.2 Å². The van der Waals surface area contributed by atoms with Gasteiger partial charge in [0.15, 0.2) is 0 Å². The molecule has 3 heteroatoms. The van der Waals surface area contributed by atoms with Crippen LogP contribution in [0.5, 0.6) is 0 Å². The lowest BCUT2D eigenvalue weighted by Gasteiger charge is -2.35. The number of piperidine rings is 1. The van der Waals surface area contributed by atoms with Gasteiger partial charge in [-0.05, 0) is 24.7 Å². The minimum absolute atomic E-state index is 0.408. The first-order chi connectivity index (χ1) is 8.58. The number of nitrogens with zero attached hydrogens (tertiary/aromatic N) is 3. The van der Waals surface area contributed by atoms with Crippen molar-refractivity contribution < 1.29 is 0 Å². The minimum atomic E-state index is 0.408. The van der Waals surface area contributed by atoms with E-state index in [0.29, 0.717) is 5.92 Å². The Morgan fingerprint density at radius 3 is 2.06 bits per heavy atom. The molecule has 1 aromatic rings. The lowest BCUT2D eigenvalue weighted by Crippen LogP contribution is -2.35. The fourth-order valence-electron chi connectivity index (χ4n) is 2.62. The molecule has 1 aromatic heterocycles. The molecular formula is C15H25N3. The van der Waals surface area contributed by atoms with Crippen LogP contribution in [0.25, 0.3) is 0 Å². The van der Waals surface area contributed by atoms with Crippen molar-refractivity contribution in [3.8, 4) is 0 Å². The quantitative estimate of drug-likeness (QED) is 0.819. The van der Waals surface area contributed by atoms with Crippen molar-refractivity contribution in [3.63, 3.8) is 0 Å². The Morgan fingerprint density at radius 2 is 1.61 bits per heavy atom. The molecule has 0 N–H and O–H groups in total. The van der Waals surface area contributed by atoms with Gasteiger partial charge in [-0.2, -0.15) is 0 Å². The summed E-state index contributed by atoms with van der Waals surface area (Å²) in [7, 11) is 0. The molecule has 1 aliphatic heterocycles. The second-order valence-electron chi connectivity index (χ2n) is 6.02.